The minimum Gasteiger partial charge on any atom is -0.309 e. The molecule has 13 rings (SSSR count). The predicted octanol–water partition coefficient (Wildman–Crippen LogP) is 13.8. The molecular formula is C53H32N4. The van der Waals surface area contributed by atoms with E-state index in [0.717, 1.165) is 50.1 Å². The molecule has 0 atom stereocenters. The monoisotopic (exact) mass is 724 g/mol. The Morgan fingerprint density at radius 2 is 0.772 bits per heavy atom. The summed E-state index contributed by atoms with van der Waals surface area (Å²) in [6.45, 7) is 0. The number of hydrogen-bond acceptors (Lipinski definition) is 1. The molecule has 4 nitrogen and oxygen atoms in total. The van der Waals surface area contributed by atoms with Gasteiger partial charge in [0.2, 0.25) is 0 Å². The molecule has 57 heavy (non-hydrogen) atoms. The van der Waals surface area contributed by atoms with Crippen molar-refractivity contribution in [3.8, 4) is 22.5 Å². The van der Waals surface area contributed by atoms with Crippen LogP contribution in [0.3, 0.4) is 0 Å². The molecule has 4 heteroatoms. The molecule has 0 N–H and O–H groups in total. The summed E-state index contributed by atoms with van der Waals surface area (Å²) >= 11 is 0. The summed E-state index contributed by atoms with van der Waals surface area (Å²) in [7, 11) is 0. The average molecular weight is 725 g/mol. The Morgan fingerprint density at radius 3 is 1.33 bits per heavy atom. The zero-order chi connectivity index (χ0) is 37.2. The van der Waals surface area contributed by atoms with E-state index in [1.807, 2.05) is 0 Å². The third-order valence-corrected chi connectivity index (χ3v) is 12.1. The molecule has 0 aliphatic rings. The van der Waals surface area contributed by atoms with Gasteiger partial charge in [-0.1, -0.05) is 115 Å². The molecule has 4 aromatic heterocycles. The van der Waals surface area contributed by atoms with Crippen LogP contribution in [-0.2, 0) is 0 Å². The van der Waals surface area contributed by atoms with Crippen LogP contribution in [0.5, 0.6) is 0 Å². The minimum atomic E-state index is 0.985. The maximum atomic E-state index is 5.22. The fourth-order valence-corrected chi connectivity index (χ4v) is 9.65. The summed E-state index contributed by atoms with van der Waals surface area (Å²) in [5, 5.41) is 11.0. The number of rotatable bonds is 3. The number of aromatic nitrogens is 4. The van der Waals surface area contributed by atoms with Crippen LogP contribution in [-0.4, -0.2) is 18.5 Å². The summed E-state index contributed by atoms with van der Waals surface area (Å²) in [4.78, 5) is 5.22. The van der Waals surface area contributed by atoms with Crippen LogP contribution >= 0.6 is 0 Å². The molecule has 0 bridgehead atoms. The van der Waals surface area contributed by atoms with Gasteiger partial charge in [-0.15, -0.1) is 0 Å². The lowest BCUT2D eigenvalue weighted by Gasteiger charge is -2.17. The summed E-state index contributed by atoms with van der Waals surface area (Å²) < 4.78 is 7.23. The maximum absolute atomic E-state index is 5.22. The smallest absolute Gasteiger partial charge is 0.146 e. The Morgan fingerprint density at radius 1 is 0.298 bits per heavy atom. The van der Waals surface area contributed by atoms with E-state index in [0.29, 0.717) is 0 Å². The highest BCUT2D eigenvalue weighted by Crippen LogP contribution is 2.40. The van der Waals surface area contributed by atoms with E-state index in [-0.39, 0.29) is 0 Å². The van der Waals surface area contributed by atoms with Gasteiger partial charge in [-0.3, -0.25) is 4.40 Å². The van der Waals surface area contributed by atoms with Crippen LogP contribution in [0.25, 0.3) is 115 Å². The topological polar surface area (TPSA) is 27.2 Å². The number of fused-ring (bicyclic) bond motifs is 15. The van der Waals surface area contributed by atoms with Crippen LogP contribution in [0.2, 0.25) is 0 Å². The van der Waals surface area contributed by atoms with Crippen LogP contribution in [0.4, 0.5) is 0 Å². The molecule has 0 unspecified atom stereocenters. The molecule has 264 valence electrons. The third-order valence-electron chi connectivity index (χ3n) is 12.1. The second kappa shape index (κ2) is 11.4. The van der Waals surface area contributed by atoms with Gasteiger partial charge in [-0.2, -0.15) is 0 Å². The second-order valence-electron chi connectivity index (χ2n) is 15.2. The lowest BCUT2D eigenvalue weighted by atomic mass is 9.97. The minimum absolute atomic E-state index is 0.985. The Hall–Kier alpha value is -7.69. The van der Waals surface area contributed by atoms with Gasteiger partial charge in [-0.25, -0.2) is 4.98 Å². The Labute approximate surface area is 326 Å². The van der Waals surface area contributed by atoms with Gasteiger partial charge in [0.05, 0.1) is 38.6 Å². The van der Waals surface area contributed by atoms with E-state index in [9.17, 15) is 0 Å². The van der Waals surface area contributed by atoms with Crippen LogP contribution in [0.1, 0.15) is 0 Å². The zero-order valence-corrected chi connectivity index (χ0v) is 30.8. The van der Waals surface area contributed by atoms with Gasteiger partial charge < -0.3 is 9.13 Å². The molecule has 0 fully saturated rings. The third kappa shape index (κ3) is 4.30. The van der Waals surface area contributed by atoms with E-state index in [1.165, 1.54) is 65.2 Å². The second-order valence-corrected chi connectivity index (χ2v) is 15.2. The SMILES string of the molecule is c1ccc2cc3c(cc2c1)c1cc(-c2cc(-n4c5ccccc5c5ccccc54)cc(-n4c5ccccc5c5ccccc54)c2)ccc1n1c2ccccc2nc31. The molecule has 4 heterocycles. The van der Waals surface area contributed by atoms with Gasteiger partial charge >= 0.3 is 0 Å². The molecular weight excluding hydrogens is 693 g/mol. The van der Waals surface area contributed by atoms with Crippen molar-refractivity contribution in [1.29, 1.82) is 0 Å². The molecule has 13 aromatic rings. The number of imidazole rings is 1. The molecule has 9 aromatic carbocycles. The van der Waals surface area contributed by atoms with Crippen molar-refractivity contribution in [2.24, 2.45) is 0 Å². The van der Waals surface area contributed by atoms with Crippen molar-refractivity contribution >= 4 is 92.7 Å². The molecule has 0 amide bonds. The summed E-state index contributed by atoms with van der Waals surface area (Å²) in [6, 6.07) is 71.0. The average Bonchev–Trinajstić information content (AvgIpc) is 3.94. The largest absolute Gasteiger partial charge is 0.309 e. The van der Waals surface area contributed by atoms with E-state index in [1.54, 1.807) is 0 Å². The van der Waals surface area contributed by atoms with Crippen molar-refractivity contribution in [3.63, 3.8) is 0 Å². The van der Waals surface area contributed by atoms with Crippen LogP contribution in [0, 0.1) is 0 Å². The summed E-state index contributed by atoms with van der Waals surface area (Å²) in [5.41, 5.74) is 13.5. The van der Waals surface area contributed by atoms with Gasteiger partial charge in [0.1, 0.15) is 5.65 Å². The zero-order valence-electron chi connectivity index (χ0n) is 30.8. The number of benzene rings is 9. The Balaban J connectivity index is 1.16. The van der Waals surface area contributed by atoms with Crippen LogP contribution < -0.4 is 0 Å². The predicted molar refractivity (Wildman–Crippen MR) is 239 cm³/mol. The lowest BCUT2D eigenvalue weighted by molar-refractivity contribution is 1.13. The molecule has 0 radical (unpaired) electrons. The summed E-state index contributed by atoms with van der Waals surface area (Å²) in [5.74, 6) is 0. The van der Waals surface area contributed by atoms with Crippen molar-refractivity contribution < 1.29 is 0 Å². The molecule has 0 aliphatic carbocycles. The lowest BCUT2D eigenvalue weighted by Crippen LogP contribution is -2.00. The van der Waals surface area contributed by atoms with E-state index < -0.39 is 0 Å². The quantitative estimate of drug-likeness (QED) is 0.132. The fourth-order valence-electron chi connectivity index (χ4n) is 9.65. The van der Waals surface area contributed by atoms with Gasteiger partial charge in [-0.05, 0) is 106 Å². The van der Waals surface area contributed by atoms with Crippen molar-refractivity contribution in [2.75, 3.05) is 0 Å². The van der Waals surface area contributed by atoms with Gasteiger partial charge in [0.25, 0.3) is 0 Å². The first-order valence-electron chi connectivity index (χ1n) is 19.5. The van der Waals surface area contributed by atoms with Crippen LogP contribution in [0.15, 0.2) is 194 Å². The first kappa shape index (κ1) is 30.6. The standard InChI is InChI=1S/C53H32N4/c1-2-14-34-31-45-43(29-33(34)13-1)44-30-35(25-26-51(44)57-52-24-12-7-19-46(52)54-53(45)57)36-27-37(55-47-20-8-3-15-39(47)40-16-4-9-21-48(40)55)32-38(28-36)56-49-22-10-5-17-41(49)42-18-6-11-23-50(42)56/h1-32H. The highest BCUT2D eigenvalue weighted by atomic mass is 15.0. The summed E-state index contributed by atoms with van der Waals surface area (Å²) in [6.07, 6.45) is 0. The number of nitrogens with zero attached hydrogens (tertiary/aromatic N) is 4. The number of pyridine rings is 1. The first-order valence-corrected chi connectivity index (χ1v) is 19.5. The number of hydrogen-bond donors (Lipinski definition) is 0. The fraction of sp³-hybridized carbons (Fsp3) is 0. The van der Waals surface area contributed by atoms with E-state index >= 15 is 0 Å². The van der Waals surface area contributed by atoms with E-state index in [2.05, 4.69) is 208 Å². The maximum Gasteiger partial charge on any atom is 0.146 e. The van der Waals surface area contributed by atoms with Gasteiger partial charge in [0.15, 0.2) is 0 Å². The van der Waals surface area contributed by atoms with Crippen molar-refractivity contribution in [2.45, 2.75) is 0 Å². The Bertz CT molecular complexity index is 3580. The van der Waals surface area contributed by atoms with Crippen molar-refractivity contribution in [1.82, 2.24) is 18.5 Å². The number of para-hydroxylation sites is 6. The molecule has 0 spiro atoms. The highest BCUT2D eigenvalue weighted by Gasteiger charge is 2.19. The molecule has 0 saturated heterocycles. The highest BCUT2D eigenvalue weighted by molar-refractivity contribution is 6.18. The first-order chi connectivity index (χ1) is 28.3. The van der Waals surface area contributed by atoms with Crippen molar-refractivity contribution in [3.05, 3.63) is 194 Å². The molecule has 0 saturated carbocycles. The molecule has 0 aliphatic heterocycles. The van der Waals surface area contributed by atoms with Gasteiger partial charge in [0, 0.05) is 43.7 Å². The van der Waals surface area contributed by atoms with E-state index in [4.69, 9.17) is 4.98 Å². The normalized spacial score (nSPS) is 12.2. The Kier molecular flexibility index (Phi) is 6.13.